The first-order valence-electron chi connectivity index (χ1n) is 7.13. The van der Waals surface area contributed by atoms with E-state index in [1.165, 1.54) is 11.3 Å². The van der Waals surface area contributed by atoms with Crippen molar-refractivity contribution in [2.24, 2.45) is 5.92 Å². The molecular weight excluding hydrogens is 322 g/mol. The Labute approximate surface area is 140 Å². The third-order valence-corrected chi connectivity index (χ3v) is 4.60. The fourth-order valence-electron chi connectivity index (χ4n) is 2.67. The minimum absolute atomic E-state index is 0. The van der Waals surface area contributed by atoms with E-state index in [1.807, 2.05) is 36.4 Å². The number of carbonyl (C=O) groups is 1. The highest BCUT2D eigenvalue weighted by atomic mass is 35.5. The van der Waals surface area contributed by atoms with E-state index in [-0.39, 0.29) is 18.3 Å². The predicted molar refractivity (Wildman–Crippen MR) is 89.7 cm³/mol. The van der Waals surface area contributed by atoms with Crippen LogP contribution >= 0.6 is 23.7 Å². The maximum atomic E-state index is 12.5. The molecule has 5 nitrogen and oxygen atoms in total. The van der Waals surface area contributed by atoms with Crippen LogP contribution in [0.4, 0.5) is 0 Å². The van der Waals surface area contributed by atoms with E-state index >= 15 is 0 Å². The maximum absolute atomic E-state index is 12.5. The molecule has 0 radical (unpaired) electrons. The molecule has 1 aliphatic heterocycles. The summed E-state index contributed by atoms with van der Waals surface area (Å²) in [7, 11) is 1.95. The molecule has 3 heterocycles. The lowest BCUT2D eigenvalue weighted by molar-refractivity contribution is 0.0782. The Morgan fingerprint density at radius 1 is 1.55 bits per heavy atom. The summed E-state index contributed by atoms with van der Waals surface area (Å²) in [5, 5.41) is 5.75. The highest BCUT2D eigenvalue weighted by Crippen LogP contribution is 2.27. The summed E-state index contributed by atoms with van der Waals surface area (Å²) in [6.07, 6.45) is 1.06. The van der Waals surface area contributed by atoms with Crippen LogP contribution in [0.1, 0.15) is 22.7 Å². The van der Waals surface area contributed by atoms with Crippen molar-refractivity contribution in [3.8, 4) is 10.8 Å². The Hall–Kier alpha value is -1.37. The topological polar surface area (TPSA) is 58.4 Å². The van der Waals surface area contributed by atoms with E-state index < -0.39 is 0 Å². The van der Waals surface area contributed by atoms with E-state index in [2.05, 4.69) is 10.3 Å². The molecule has 2 aromatic rings. The molecule has 0 aromatic carbocycles. The standard InChI is InChI=1S/C15H19N3O2S.ClH/c1-10-3-4-13(20-10)14-17-12(9-21-14)15(19)18-6-5-11(8-18)7-16-2;/h3-4,9,11,16H,5-8H2,1-2H3;1H. The largest absolute Gasteiger partial charge is 0.459 e. The van der Waals surface area contributed by atoms with Crippen LogP contribution < -0.4 is 5.32 Å². The zero-order chi connectivity index (χ0) is 14.8. The number of carbonyl (C=O) groups excluding carboxylic acids is 1. The number of hydrogen-bond acceptors (Lipinski definition) is 5. The molecule has 2 aromatic heterocycles. The van der Waals surface area contributed by atoms with Crippen LogP contribution in [0.3, 0.4) is 0 Å². The normalized spacial score (nSPS) is 17.5. The van der Waals surface area contributed by atoms with Gasteiger partial charge in [0.05, 0.1) is 0 Å². The van der Waals surface area contributed by atoms with Gasteiger partial charge in [-0.15, -0.1) is 23.7 Å². The molecule has 1 N–H and O–H groups in total. The second-order valence-electron chi connectivity index (χ2n) is 5.41. The molecule has 1 aliphatic rings. The van der Waals surface area contributed by atoms with Crippen LogP contribution in [0.5, 0.6) is 0 Å². The zero-order valence-electron chi connectivity index (χ0n) is 12.7. The summed E-state index contributed by atoms with van der Waals surface area (Å²) in [5.41, 5.74) is 0.522. The molecule has 0 spiro atoms. The minimum atomic E-state index is 0. The van der Waals surface area contributed by atoms with Crippen molar-refractivity contribution in [2.45, 2.75) is 13.3 Å². The second-order valence-corrected chi connectivity index (χ2v) is 6.27. The smallest absolute Gasteiger partial charge is 0.273 e. The number of hydrogen-bond donors (Lipinski definition) is 1. The van der Waals surface area contributed by atoms with Gasteiger partial charge in [0.2, 0.25) is 0 Å². The average molecular weight is 342 g/mol. The highest BCUT2D eigenvalue weighted by molar-refractivity contribution is 7.13. The Morgan fingerprint density at radius 3 is 3.05 bits per heavy atom. The molecule has 1 fully saturated rings. The van der Waals surface area contributed by atoms with Crippen molar-refractivity contribution in [1.29, 1.82) is 0 Å². The monoisotopic (exact) mass is 341 g/mol. The van der Waals surface area contributed by atoms with Crippen LogP contribution in [0, 0.1) is 12.8 Å². The molecule has 120 valence electrons. The molecule has 1 saturated heterocycles. The number of amides is 1. The van der Waals surface area contributed by atoms with Gasteiger partial charge >= 0.3 is 0 Å². The van der Waals surface area contributed by atoms with Crippen molar-refractivity contribution in [3.63, 3.8) is 0 Å². The van der Waals surface area contributed by atoms with E-state index in [4.69, 9.17) is 4.42 Å². The first kappa shape index (κ1) is 17.0. The number of thiazole rings is 1. The highest BCUT2D eigenvalue weighted by Gasteiger charge is 2.28. The van der Waals surface area contributed by atoms with Crippen molar-refractivity contribution in [1.82, 2.24) is 15.2 Å². The summed E-state index contributed by atoms with van der Waals surface area (Å²) in [4.78, 5) is 18.8. The third-order valence-electron chi connectivity index (χ3n) is 3.74. The van der Waals surface area contributed by atoms with Crippen molar-refractivity contribution < 1.29 is 9.21 Å². The molecule has 0 saturated carbocycles. The van der Waals surface area contributed by atoms with Crippen LogP contribution in [0.2, 0.25) is 0 Å². The Bertz CT molecular complexity index is 640. The van der Waals surface area contributed by atoms with E-state index in [0.29, 0.717) is 11.6 Å². The number of nitrogens with one attached hydrogen (secondary N) is 1. The molecule has 1 atom stereocenters. The number of aromatic nitrogens is 1. The molecule has 3 rings (SSSR count). The molecule has 22 heavy (non-hydrogen) atoms. The van der Waals surface area contributed by atoms with Crippen molar-refractivity contribution in [2.75, 3.05) is 26.7 Å². The Kier molecular flexibility index (Phi) is 5.61. The summed E-state index contributed by atoms with van der Waals surface area (Å²) < 4.78 is 5.55. The van der Waals surface area contributed by atoms with E-state index in [0.717, 1.165) is 42.6 Å². The van der Waals surface area contributed by atoms with Gasteiger partial charge in [0, 0.05) is 18.5 Å². The Morgan fingerprint density at radius 2 is 2.36 bits per heavy atom. The molecule has 0 bridgehead atoms. The number of nitrogens with zero attached hydrogens (tertiary/aromatic N) is 2. The van der Waals surface area contributed by atoms with Gasteiger partial charge in [-0.25, -0.2) is 4.98 Å². The van der Waals surface area contributed by atoms with Crippen LogP contribution in [-0.2, 0) is 0 Å². The number of likely N-dealkylation sites (tertiary alicyclic amines) is 1. The molecule has 1 unspecified atom stereocenters. The summed E-state index contributed by atoms with van der Waals surface area (Å²) in [6.45, 7) is 4.48. The van der Waals surface area contributed by atoms with Crippen molar-refractivity contribution in [3.05, 3.63) is 29.0 Å². The summed E-state index contributed by atoms with van der Waals surface area (Å²) >= 11 is 1.45. The van der Waals surface area contributed by atoms with E-state index in [9.17, 15) is 4.79 Å². The molecular formula is C15H20ClN3O2S. The average Bonchev–Trinajstić information content (AvgIpc) is 3.17. The number of furan rings is 1. The Balaban J connectivity index is 0.00000176. The first-order chi connectivity index (χ1) is 10.2. The summed E-state index contributed by atoms with van der Waals surface area (Å²) in [5.74, 6) is 2.15. The number of halogens is 1. The summed E-state index contributed by atoms with van der Waals surface area (Å²) in [6, 6.07) is 3.79. The predicted octanol–water partition coefficient (Wildman–Crippen LogP) is 2.81. The SMILES string of the molecule is CNCC1CCN(C(=O)c2csc(-c3ccc(C)o3)n2)C1.Cl. The lowest BCUT2D eigenvalue weighted by Crippen LogP contribution is -2.30. The maximum Gasteiger partial charge on any atom is 0.273 e. The van der Waals surface area contributed by atoms with Gasteiger partial charge in [0.15, 0.2) is 10.8 Å². The van der Waals surface area contributed by atoms with Gasteiger partial charge in [0.25, 0.3) is 5.91 Å². The quantitative estimate of drug-likeness (QED) is 0.929. The second kappa shape index (κ2) is 7.26. The van der Waals surface area contributed by atoms with Crippen molar-refractivity contribution >= 4 is 29.7 Å². The lowest BCUT2D eigenvalue weighted by Gasteiger charge is -2.14. The van der Waals surface area contributed by atoms with Gasteiger partial charge in [-0.1, -0.05) is 0 Å². The fourth-order valence-corrected chi connectivity index (χ4v) is 3.42. The fraction of sp³-hybridized carbons (Fsp3) is 0.467. The van der Waals surface area contributed by atoms with E-state index in [1.54, 1.807) is 0 Å². The number of aryl methyl sites for hydroxylation is 1. The van der Waals surface area contributed by atoms with Gasteiger partial charge in [-0.3, -0.25) is 4.79 Å². The van der Waals surface area contributed by atoms with Crippen LogP contribution in [-0.4, -0.2) is 42.5 Å². The third kappa shape index (κ3) is 3.51. The van der Waals surface area contributed by atoms with Gasteiger partial charge < -0.3 is 14.6 Å². The van der Waals surface area contributed by atoms with Gasteiger partial charge in [0.1, 0.15) is 11.5 Å². The minimum Gasteiger partial charge on any atom is -0.459 e. The van der Waals surface area contributed by atoms with Crippen LogP contribution in [0.25, 0.3) is 10.8 Å². The van der Waals surface area contributed by atoms with Gasteiger partial charge in [-0.05, 0) is 45.0 Å². The van der Waals surface area contributed by atoms with Crippen LogP contribution in [0.15, 0.2) is 21.9 Å². The molecule has 0 aliphatic carbocycles. The molecule has 1 amide bonds. The molecule has 7 heteroatoms. The first-order valence-corrected chi connectivity index (χ1v) is 8.01. The number of rotatable bonds is 4. The lowest BCUT2D eigenvalue weighted by atomic mass is 10.1. The zero-order valence-corrected chi connectivity index (χ0v) is 14.3. The van der Waals surface area contributed by atoms with Gasteiger partial charge in [-0.2, -0.15) is 0 Å².